The topological polar surface area (TPSA) is 100 Å². The van der Waals surface area contributed by atoms with Crippen LogP contribution >= 0.6 is 22.9 Å². The average molecular weight is 484 g/mol. The molecule has 0 spiro atoms. The van der Waals surface area contributed by atoms with Crippen LogP contribution in [0.15, 0.2) is 34.4 Å². The first-order valence-electron chi connectivity index (χ1n) is 9.34. The third-order valence-electron chi connectivity index (χ3n) is 4.44. The van der Waals surface area contributed by atoms with Gasteiger partial charge in [-0.05, 0) is 23.6 Å². The minimum Gasteiger partial charge on any atom is -0.496 e. The van der Waals surface area contributed by atoms with Gasteiger partial charge in [0.15, 0.2) is 10.6 Å². The molecule has 1 aromatic heterocycles. The van der Waals surface area contributed by atoms with Crippen LogP contribution in [0.5, 0.6) is 5.75 Å². The van der Waals surface area contributed by atoms with E-state index in [4.69, 9.17) is 16.3 Å². The molecule has 8 nitrogen and oxygen atoms in total. The zero-order valence-corrected chi connectivity index (χ0v) is 20.8. The lowest BCUT2D eigenvalue weighted by molar-refractivity contribution is 0.414. The van der Waals surface area contributed by atoms with Crippen LogP contribution < -0.4 is 9.54 Å². The molecule has 0 aliphatic rings. The third kappa shape index (κ3) is 6.64. The second-order valence-corrected chi connectivity index (χ2v) is 11.4. The summed E-state index contributed by atoms with van der Waals surface area (Å²) in [6.45, 7) is 6.92. The standard InChI is InChI=1S/C20H26ClN5O3S2/c1-20(2,3)17-12-26(10-9-25(4)31(6,27)28)19(30-17)24-18(23-13-22)15-11-14(21)7-8-16(15)29-5/h7-8,11-12H,9-10H2,1-6H3/b23-18?,24-19-. The predicted molar refractivity (Wildman–Crippen MR) is 124 cm³/mol. The maximum absolute atomic E-state index is 11.8. The van der Waals surface area contributed by atoms with Crippen molar-refractivity contribution in [1.29, 1.82) is 5.26 Å². The molecule has 0 radical (unpaired) electrons. The van der Waals surface area contributed by atoms with Crippen molar-refractivity contribution in [1.82, 2.24) is 8.87 Å². The van der Waals surface area contributed by atoms with Gasteiger partial charge in [-0.3, -0.25) is 0 Å². The highest BCUT2D eigenvalue weighted by Gasteiger charge is 2.19. The Morgan fingerprint density at radius 1 is 1.39 bits per heavy atom. The number of rotatable bonds is 6. The lowest BCUT2D eigenvalue weighted by Gasteiger charge is -2.15. The number of likely N-dealkylation sites (N-methyl/N-ethyl adjacent to an activating group) is 1. The number of nitrogens with zero attached hydrogens (tertiary/aromatic N) is 5. The van der Waals surface area contributed by atoms with Crippen LogP contribution in [0, 0.1) is 11.5 Å². The van der Waals surface area contributed by atoms with Crippen LogP contribution in [0.4, 0.5) is 0 Å². The molecule has 0 amide bonds. The number of benzene rings is 1. The van der Waals surface area contributed by atoms with Gasteiger partial charge in [-0.25, -0.2) is 12.7 Å². The smallest absolute Gasteiger partial charge is 0.211 e. The van der Waals surface area contributed by atoms with E-state index < -0.39 is 10.0 Å². The number of aromatic nitrogens is 1. The van der Waals surface area contributed by atoms with Gasteiger partial charge in [0.1, 0.15) is 5.75 Å². The number of thiazole rings is 1. The van der Waals surface area contributed by atoms with E-state index in [9.17, 15) is 13.7 Å². The summed E-state index contributed by atoms with van der Waals surface area (Å²) >= 11 is 7.60. The number of ether oxygens (including phenoxy) is 1. The summed E-state index contributed by atoms with van der Waals surface area (Å²) in [5, 5.41) is 9.69. The Labute approximate surface area is 192 Å². The van der Waals surface area contributed by atoms with Crippen LogP contribution in [0.25, 0.3) is 0 Å². The van der Waals surface area contributed by atoms with Crippen LogP contribution in [-0.2, 0) is 22.0 Å². The maximum atomic E-state index is 11.8. The molecule has 0 fully saturated rings. The summed E-state index contributed by atoms with van der Waals surface area (Å²) < 4.78 is 32.1. The number of hydrogen-bond acceptors (Lipinski definition) is 6. The first-order chi connectivity index (χ1) is 14.4. The Hall–Kier alpha value is -2.19. The van der Waals surface area contributed by atoms with E-state index >= 15 is 0 Å². The normalized spacial score (nSPS) is 13.5. The van der Waals surface area contributed by atoms with Gasteiger partial charge in [0, 0.05) is 36.2 Å². The second-order valence-electron chi connectivity index (χ2n) is 7.90. The molecule has 0 bridgehead atoms. The summed E-state index contributed by atoms with van der Waals surface area (Å²) in [6, 6.07) is 5.00. The first-order valence-corrected chi connectivity index (χ1v) is 12.4. The molecule has 0 saturated carbocycles. The minimum atomic E-state index is -3.30. The van der Waals surface area contributed by atoms with Crippen molar-refractivity contribution >= 4 is 38.8 Å². The van der Waals surface area contributed by atoms with Crippen LogP contribution in [0.2, 0.25) is 5.02 Å². The molecule has 0 atom stereocenters. The number of amidine groups is 1. The van der Waals surface area contributed by atoms with E-state index in [0.717, 1.165) is 4.88 Å². The zero-order valence-electron chi connectivity index (χ0n) is 18.4. The van der Waals surface area contributed by atoms with Gasteiger partial charge in [-0.1, -0.05) is 32.4 Å². The van der Waals surface area contributed by atoms with Crippen molar-refractivity contribution in [3.8, 4) is 11.9 Å². The van der Waals surface area contributed by atoms with E-state index in [2.05, 4.69) is 30.8 Å². The first kappa shape index (κ1) is 25.1. The molecule has 11 heteroatoms. The van der Waals surface area contributed by atoms with Gasteiger partial charge < -0.3 is 9.30 Å². The quantitative estimate of drug-likeness (QED) is 0.357. The number of hydrogen-bond donors (Lipinski definition) is 0. The fraction of sp³-hybridized carbons (Fsp3) is 0.450. The molecule has 0 aliphatic carbocycles. The largest absolute Gasteiger partial charge is 0.496 e. The number of sulfonamides is 1. The number of methoxy groups -OCH3 is 1. The Morgan fingerprint density at radius 3 is 2.61 bits per heavy atom. The van der Waals surface area contributed by atoms with Crippen molar-refractivity contribution in [2.45, 2.75) is 32.7 Å². The molecule has 2 aromatic rings. The van der Waals surface area contributed by atoms with Gasteiger partial charge in [-0.2, -0.15) is 15.2 Å². The number of aliphatic imine (C=N–C) groups is 1. The van der Waals surface area contributed by atoms with E-state index in [-0.39, 0.29) is 17.8 Å². The summed E-state index contributed by atoms with van der Waals surface area (Å²) in [4.78, 5) is 10.2. The molecule has 1 heterocycles. The fourth-order valence-corrected chi connectivity index (χ4v) is 4.19. The minimum absolute atomic E-state index is 0.136. The van der Waals surface area contributed by atoms with Gasteiger partial charge in [0.2, 0.25) is 16.2 Å². The Bertz CT molecular complexity index is 1180. The molecule has 0 saturated heterocycles. The third-order valence-corrected chi connectivity index (χ3v) is 7.44. The van der Waals surface area contributed by atoms with Crippen LogP contribution in [0.1, 0.15) is 31.2 Å². The average Bonchev–Trinajstić information content (AvgIpc) is 3.08. The SMILES string of the molecule is COc1ccc(Cl)cc1C(=NC#N)/N=c1\sc(C(C)(C)C)cn1CCN(C)S(C)(=O)=O. The lowest BCUT2D eigenvalue weighted by Crippen LogP contribution is -2.31. The van der Waals surface area contributed by atoms with E-state index in [1.807, 2.05) is 10.8 Å². The number of nitriles is 1. The van der Waals surface area contributed by atoms with Crippen molar-refractivity contribution in [2.75, 3.05) is 27.0 Å². The van der Waals surface area contributed by atoms with Crippen LogP contribution in [-0.4, -0.2) is 50.1 Å². The van der Waals surface area contributed by atoms with Gasteiger partial charge >= 0.3 is 0 Å². The highest BCUT2D eigenvalue weighted by molar-refractivity contribution is 7.88. The van der Waals surface area contributed by atoms with E-state index in [1.165, 1.54) is 36.1 Å². The molecule has 168 valence electrons. The molecular formula is C20H26ClN5O3S2. The number of halogens is 1. The maximum Gasteiger partial charge on any atom is 0.211 e. The molecule has 0 aliphatic heterocycles. The molecule has 0 unspecified atom stereocenters. The monoisotopic (exact) mass is 483 g/mol. The van der Waals surface area contributed by atoms with Crippen molar-refractivity contribution < 1.29 is 13.2 Å². The van der Waals surface area contributed by atoms with Crippen molar-refractivity contribution in [3.05, 3.63) is 44.7 Å². The zero-order chi connectivity index (χ0) is 23.4. The summed E-state index contributed by atoms with van der Waals surface area (Å²) in [5.74, 6) is 0.646. The summed E-state index contributed by atoms with van der Waals surface area (Å²) in [6.07, 6.45) is 4.91. The Kier molecular flexibility index (Phi) is 8.05. The molecule has 2 rings (SSSR count). The molecular weight excluding hydrogens is 458 g/mol. The highest BCUT2D eigenvalue weighted by Crippen LogP contribution is 2.26. The lowest BCUT2D eigenvalue weighted by atomic mass is 9.95. The van der Waals surface area contributed by atoms with Crippen molar-refractivity contribution in [3.63, 3.8) is 0 Å². The van der Waals surface area contributed by atoms with Gasteiger partial charge in [0.25, 0.3) is 0 Å². The predicted octanol–water partition coefficient (Wildman–Crippen LogP) is 3.23. The molecule has 31 heavy (non-hydrogen) atoms. The summed E-state index contributed by atoms with van der Waals surface area (Å²) in [5.41, 5.74) is 0.352. The van der Waals surface area contributed by atoms with Gasteiger partial charge in [-0.15, -0.1) is 11.3 Å². The van der Waals surface area contributed by atoms with E-state index in [1.54, 1.807) is 24.4 Å². The van der Waals surface area contributed by atoms with Gasteiger partial charge in [0.05, 0.1) is 18.9 Å². The molecule has 1 aromatic carbocycles. The van der Waals surface area contributed by atoms with E-state index in [0.29, 0.717) is 27.7 Å². The second kappa shape index (κ2) is 9.96. The van der Waals surface area contributed by atoms with Crippen LogP contribution in [0.3, 0.4) is 0 Å². The summed E-state index contributed by atoms with van der Waals surface area (Å²) in [7, 11) is -0.255. The highest BCUT2D eigenvalue weighted by atomic mass is 35.5. The Morgan fingerprint density at radius 2 is 2.06 bits per heavy atom. The fourth-order valence-electron chi connectivity index (χ4n) is 2.53. The molecule has 0 N–H and O–H groups in total. The Balaban J connectivity index is 2.63. The van der Waals surface area contributed by atoms with Crippen molar-refractivity contribution in [2.24, 2.45) is 9.98 Å².